The summed E-state index contributed by atoms with van der Waals surface area (Å²) in [5, 5.41) is 3.65. The van der Waals surface area contributed by atoms with Crippen molar-refractivity contribution in [2.45, 2.75) is 52.9 Å². The molecule has 16 heavy (non-hydrogen) atoms. The van der Waals surface area contributed by atoms with Gasteiger partial charge in [-0.1, -0.05) is 27.2 Å². The number of nitrogens with two attached hydrogens (primary N) is 1. The summed E-state index contributed by atoms with van der Waals surface area (Å²) in [5.74, 6) is 1.43. The molecule has 1 aliphatic rings. The van der Waals surface area contributed by atoms with Crippen molar-refractivity contribution in [1.29, 1.82) is 0 Å². The lowest BCUT2D eigenvalue weighted by Gasteiger charge is -2.20. The highest BCUT2D eigenvalue weighted by Gasteiger charge is 2.40. The van der Waals surface area contributed by atoms with E-state index in [0.717, 1.165) is 19.0 Å². The molecule has 0 aromatic rings. The van der Waals surface area contributed by atoms with Gasteiger partial charge in [0.25, 0.3) is 0 Å². The first kappa shape index (κ1) is 14.0. The third kappa shape index (κ3) is 4.84. The minimum Gasteiger partial charge on any atom is -0.330 e. The van der Waals surface area contributed by atoms with Gasteiger partial charge in [0, 0.05) is 6.54 Å². The van der Waals surface area contributed by atoms with Crippen molar-refractivity contribution in [1.82, 2.24) is 5.32 Å². The number of hydrogen-bond donors (Lipinski definition) is 2. The number of hydrogen-bond acceptors (Lipinski definition) is 2. The Bertz CT molecular complexity index is 185. The Balaban J connectivity index is 2.13. The molecule has 3 N–H and O–H groups in total. The van der Waals surface area contributed by atoms with Crippen LogP contribution >= 0.6 is 0 Å². The molecule has 2 heteroatoms. The summed E-state index contributed by atoms with van der Waals surface area (Å²) in [6.45, 7) is 10.0. The lowest BCUT2D eigenvalue weighted by atomic mass is 9.96. The fourth-order valence-corrected chi connectivity index (χ4v) is 2.69. The molecule has 0 aromatic heterocycles. The molecular weight excluding hydrogens is 196 g/mol. The third-order valence-corrected chi connectivity index (χ3v) is 3.81. The zero-order chi connectivity index (χ0) is 12.0. The maximum Gasteiger partial charge on any atom is 0.000794 e. The second-order valence-corrected chi connectivity index (χ2v) is 6.11. The van der Waals surface area contributed by atoms with Gasteiger partial charge in [-0.05, 0) is 56.0 Å². The minimum atomic E-state index is 0.664. The van der Waals surface area contributed by atoms with Crippen LogP contribution in [0.5, 0.6) is 0 Å². The van der Waals surface area contributed by atoms with Crippen LogP contribution in [0.15, 0.2) is 0 Å². The van der Waals surface area contributed by atoms with Crippen LogP contribution in [-0.4, -0.2) is 19.6 Å². The molecule has 0 bridgehead atoms. The largest absolute Gasteiger partial charge is 0.330 e. The maximum absolute atomic E-state index is 5.81. The highest BCUT2D eigenvalue weighted by Crippen LogP contribution is 2.48. The Kier molecular flexibility index (Phi) is 5.77. The van der Waals surface area contributed by atoms with E-state index in [0.29, 0.717) is 11.3 Å². The van der Waals surface area contributed by atoms with Crippen LogP contribution < -0.4 is 11.1 Å². The summed E-state index contributed by atoms with van der Waals surface area (Å²) < 4.78 is 0. The minimum absolute atomic E-state index is 0.664. The average molecular weight is 226 g/mol. The molecule has 96 valence electrons. The molecule has 0 aromatic carbocycles. The van der Waals surface area contributed by atoms with Crippen LogP contribution in [0, 0.1) is 17.3 Å². The number of rotatable bonds is 9. The monoisotopic (exact) mass is 226 g/mol. The van der Waals surface area contributed by atoms with Crippen molar-refractivity contribution in [2.75, 3.05) is 19.6 Å². The van der Waals surface area contributed by atoms with E-state index >= 15 is 0 Å². The van der Waals surface area contributed by atoms with Crippen LogP contribution in [0.3, 0.4) is 0 Å². The molecule has 1 atom stereocenters. The summed E-state index contributed by atoms with van der Waals surface area (Å²) in [4.78, 5) is 0. The van der Waals surface area contributed by atoms with E-state index in [2.05, 4.69) is 26.1 Å². The summed E-state index contributed by atoms with van der Waals surface area (Å²) in [5.41, 5.74) is 6.48. The van der Waals surface area contributed by atoms with Gasteiger partial charge in [0.2, 0.25) is 0 Å². The van der Waals surface area contributed by atoms with Gasteiger partial charge in [0.15, 0.2) is 0 Å². The van der Waals surface area contributed by atoms with Crippen LogP contribution in [-0.2, 0) is 0 Å². The van der Waals surface area contributed by atoms with Crippen molar-refractivity contribution >= 4 is 0 Å². The van der Waals surface area contributed by atoms with Crippen molar-refractivity contribution in [3.8, 4) is 0 Å². The SMILES string of the molecule is CCCC1(CNCC(CN)CC(C)C)CC1. The van der Waals surface area contributed by atoms with Gasteiger partial charge >= 0.3 is 0 Å². The Morgan fingerprint density at radius 2 is 2.00 bits per heavy atom. The second kappa shape index (κ2) is 6.61. The van der Waals surface area contributed by atoms with E-state index in [1.807, 2.05) is 0 Å². The van der Waals surface area contributed by atoms with Crippen molar-refractivity contribution < 1.29 is 0 Å². The quantitative estimate of drug-likeness (QED) is 0.634. The number of nitrogens with one attached hydrogen (secondary N) is 1. The molecule has 1 fully saturated rings. The van der Waals surface area contributed by atoms with Crippen LogP contribution in [0.2, 0.25) is 0 Å². The fraction of sp³-hybridized carbons (Fsp3) is 1.00. The predicted molar refractivity (Wildman–Crippen MR) is 71.4 cm³/mol. The standard InChI is InChI=1S/C14H30N2/c1-4-5-14(6-7-14)11-16-10-13(9-15)8-12(2)3/h12-13,16H,4-11,15H2,1-3H3. The first-order valence-electron chi connectivity index (χ1n) is 7.02. The van der Waals surface area contributed by atoms with Gasteiger partial charge in [-0.25, -0.2) is 0 Å². The second-order valence-electron chi connectivity index (χ2n) is 6.11. The van der Waals surface area contributed by atoms with Gasteiger partial charge < -0.3 is 11.1 Å². The molecule has 0 aliphatic heterocycles. The Morgan fingerprint density at radius 3 is 2.44 bits per heavy atom. The van der Waals surface area contributed by atoms with Crippen LogP contribution in [0.4, 0.5) is 0 Å². The first-order valence-corrected chi connectivity index (χ1v) is 7.02. The van der Waals surface area contributed by atoms with Crippen molar-refractivity contribution in [3.63, 3.8) is 0 Å². The Hall–Kier alpha value is -0.0800. The molecule has 1 aliphatic carbocycles. The zero-order valence-corrected chi connectivity index (χ0v) is 11.4. The lowest BCUT2D eigenvalue weighted by molar-refractivity contribution is 0.359. The zero-order valence-electron chi connectivity index (χ0n) is 11.4. The highest BCUT2D eigenvalue weighted by atomic mass is 14.9. The highest BCUT2D eigenvalue weighted by molar-refractivity contribution is 4.94. The molecule has 0 heterocycles. The topological polar surface area (TPSA) is 38.0 Å². The van der Waals surface area contributed by atoms with E-state index in [9.17, 15) is 0 Å². The molecule has 2 nitrogen and oxygen atoms in total. The van der Waals surface area contributed by atoms with E-state index < -0.39 is 0 Å². The third-order valence-electron chi connectivity index (χ3n) is 3.81. The predicted octanol–water partition coefficient (Wildman–Crippen LogP) is 2.78. The van der Waals surface area contributed by atoms with E-state index in [4.69, 9.17) is 5.73 Å². The smallest absolute Gasteiger partial charge is 0.000794 e. The molecule has 1 saturated carbocycles. The van der Waals surface area contributed by atoms with Gasteiger partial charge in [0.05, 0.1) is 0 Å². The molecule has 1 unspecified atom stereocenters. The molecule has 0 spiro atoms. The van der Waals surface area contributed by atoms with Gasteiger partial charge in [-0.15, -0.1) is 0 Å². The molecule has 0 radical (unpaired) electrons. The van der Waals surface area contributed by atoms with Gasteiger partial charge in [-0.2, -0.15) is 0 Å². The lowest BCUT2D eigenvalue weighted by Crippen LogP contribution is -2.33. The summed E-state index contributed by atoms with van der Waals surface area (Å²) in [6.07, 6.45) is 6.85. The molecule has 0 amide bonds. The molecule has 0 saturated heterocycles. The van der Waals surface area contributed by atoms with Crippen molar-refractivity contribution in [3.05, 3.63) is 0 Å². The van der Waals surface area contributed by atoms with Gasteiger partial charge in [0.1, 0.15) is 0 Å². The van der Waals surface area contributed by atoms with Crippen LogP contribution in [0.1, 0.15) is 52.9 Å². The summed E-state index contributed by atoms with van der Waals surface area (Å²) >= 11 is 0. The Morgan fingerprint density at radius 1 is 1.31 bits per heavy atom. The fourth-order valence-electron chi connectivity index (χ4n) is 2.69. The van der Waals surface area contributed by atoms with Crippen molar-refractivity contribution in [2.24, 2.45) is 23.0 Å². The average Bonchev–Trinajstić information content (AvgIpc) is 2.97. The first-order chi connectivity index (χ1) is 7.62. The van der Waals surface area contributed by atoms with Gasteiger partial charge in [-0.3, -0.25) is 0 Å². The summed E-state index contributed by atoms with van der Waals surface area (Å²) in [7, 11) is 0. The van der Waals surface area contributed by atoms with Crippen LogP contribution in [0.25, 0.3) is 0 Å². The van der Waals surface area contributed by atoms with E-state index in [1.165, 1.54) is 38.6 Å². The summed E-state index contributed by atoms with van der Waals surface area (Å²) in [6, 6.07) is 0. The van der Waals surface area contributed by atoms with E-state index in [1.54, 1.807) is 0 Å². The molecular formula is C14H30N2. The van der Waals surface area contributed by atoms with E-state index in [-0.39, 0.29) is 0 Å². The molecule has 1 rings (SSSR count). The maximum atomic E-state index is 5.81. The normalized spacial score (nSPS) is 20.1. The Labute approximate surface area is 101 Å².